The first-order valence-corrected chi connectivity index (χ1v) is 13.3. The number of hydrogen-bond acceptors (Lipinski definition) is 5. The first kappa shape index (κ1) is 21.0. The second-order valence-corrected chi connectivity index (χ2v) is 15.1. The maximum absolute atomic E-state index is 7.46. The summed E-state index contributed by atoms with van der Waals surface area (Å²) < 4.78 is 19.6. The lowest BCUT2D eigenvalue weighted by molar-refractivity contribution is 0.00578. The van der Waals surface area contributed by atoms with Crippen LogP contribution in [0, 0.1) is 6.57 Å². The van der Waals surface area contributed by atoms with Crippen molar-refractivity contribution in [3.8, 4) is 0 Å². The lowest BCUT2D eigenvalue weighted by Gasteiger charge is -2.32. The Bertz CT molecular complexity index is 898. The Kier molecular flexibility index (Phi) is 5.45. The summed E-state index contributed by atoms with van der Waals surface area (Å²) in [7, 11) is -1.66. The van der Waals surface area contributed by atoms with Crippen molar-refractivity contribution in [2.24, 2.45) is 0 Å². The molecule has 7 nitrogen and oxygen atoms in total. The smallest absolute Gasteiger partial charge is 0.399 e. The molecule has 0 aliphatic carbocycles. The molecule has 0 amide bonds. The molecule has 0 unspecified atom stereocenters. The highest BCUT2D eigenvalue weighted by Gasteiger charge is 2.51. The number of rotatable bonds is 6. The van der Waals surface area contributed by atoms with Crippen molar-refractivity contribution in [2.75, 3.05) is 6.61 Å². The normalized spacial score (nSPS) is 18.6. The summed E-state index contributed by atoms with van der Waals surface area (Å²) in [5.74, 6) is 0.315. The second-order valence-electron chi connectivity index (χ2n) is 9.51. The van der Waals surface area contributed by atoms with Gasteiger partial charge in [0.05, 0.1) is 11.2 Å². The number of ether oxygens (including phenoxy) is 1. The van der Waals surface area contributed by atoms with Crippen LogP contribution in [0.3, 0.4) is 0 Å². The highest BCUT2D eigenvalue weighted by Crippen LogP contribution is 2.36. The molecular formula is C19H29BN4O3Si. The maximum atomic E-state index is 7.46. The molecule has 1 fully saturated rings. The molecule has 28 heavy (non-hydrogen) atoms. The number of hydrogen-bond donors (Lipinski definition) is 0. The van der Waals surface area contributed by atoms with Gasteiger partial charge in [-0.1, -0.05) is 32.3 Å². The van der Waals surface area contributed by atoms with Gasteiger partial charge in [0.25, 0.3) is 0 Å². The topological polar surface area (TPSA) is 62.8 Å². The van der Waals surface area contributed by atoms with E-state index in [1.54, 1.807) is 10.9 Å². The third-order valence-electron chi connectivity index (χ3n) is 5.43. The standard InChI is InChI=1S/C19H29BN4O3Si/c1-18(2)19(3,4)27-20(26-18)14-11-15-16(21-5)23-24(17(15)22-12-14)13-25-9-10-28(6,7)8/h11-12H,9-10,13H2,1-4,6-8H3. The summed E-state index contributed by atoms with van der Waals surface area (Å²) in [6.45, 7) is 23.4. The number of fused-ring (bicyclic) bond motifs is 1. The van der Waals surface area contributed by atoms with Gasteiger partial charge in [-0.2, -0.15) is 0 Å². The molecule has 9 heteroatoms. The van der Waals surface area contributed by atoms with Crippen LogP contribution in [0.15, 0.2) is 12.3 Å². The zero-order chi connectivity index (χ0) is 20.7. The molecule has 1 aliphatic rings. The fourth-order valence-corrected chi connectivity index (χ4v) is 3.63. The zero-order valence-corrected chi connectivity index (χ0v) is 18.9. The first-order chi connectivity index (χ1) is 12.9. The average Bonchev–Trinajstić information content (AvgIpc) is 3.04. The molecule has 0 bridgehead atoms. The van der Waals surface area contributed by atoms with E-state index in [-0.39, 0.29) is 0 Å². The molecule has 0 saturated carbocycles. The quantitative estimate of drug-likeness (QED) is 0.421. The highest BCUT2D eigenvalue weighted by atomic mass is 28.3. The molecule has 0 spiro atoms. The number of pyridine rings is 1. The van der Waals surface area contributed by atoms with Crippen LogP contribution in [0.2, 0.25) is 25.7 Å². The first-order valence-electron chi connectivity index (χ1n) is 9.61. The van der Waals surface area contributed by atoms with E-state index in [9.17, 15) is 0 Å². The van der Waals surface area contributed by atoms with Gasteiger partial charge in [0.1, 0.15) is 0 Å². The molecule has 1 aliphatic heterocycles. The molecule has 1 saturated heterocycles. The SMILES string of the molecule is [C-]#[N+]c1nn(COCC[Si](C)(C)C)c2ncc(B3OC(C)(C)C(C)(C)O3)cc12. The third-order valence-corrected chi connectivity index (χ3v) is 7.13. The van der Waals surface area contributed by atoms with Crippen LogP contribution in [0.1, 0.15) is 27.7 Å². The van der Waals surface area contributed by atoms with Gasteiger partial charge in [-0.15, -0.1) is 4.68 Å². The predicted octanol–water partition coefficient (Wildman–Crippen LogP) is 3.59. The van der Waals surface area contributed by atoms with Gasteiger partial charge in [-0.25, -0.2) is 4.98 Å². The van der Waals surface area contributed by atoms with Crippen LogP contribution < -0.4 is 5.46 Å². The van der Waals surface area contributed by atoms with Crippen LogP contribution in [0.4, 0.5) is 5.82 Å². The van der Waals surface area contributed by atoms with E-state index in [1.807, 2.05) is 33.8 Å². The fourth-order valence-electron chi connectivity index (χ4n) is 2.87. The molecule has 3 heterocycles. The van der Waals surface area contributed by atoms with Gasteiger partial charge in [0, 0.05) is 31.7 Å². The van der Waals surface area contributed by atoms with E-state index < -0.39 is 26.4 Å². The summed E-state index contributed by atoms with van der Waals surface area (Å²) in [5, 5.41) is 5.06. The van der Waals surface area contributed by atoms with Gasteiger partial charge in [0.2, 0.25) is 0 Å². The Morgan fingerprint density at radius 1 is 1.21 bits per heavy atom. The van der Waals surface area contributed by atoms with Crippen molar-refractivity contribution in [1.29, 1.82) is 0 Å². The van der Waals surface area contributed by atoms with Crippen LogP contribution in [-0.2, 0) is 20.8 Å². The molecule has 2 aromatic heterocycles. The van der Waals surface area contributed by atoms with E-state index in [0.717, 1.165) is 11.5 Å². The molecule has 150 valence electrons. The third kappa shape index (κ3) is 4.15. The van der Waals surface area contributed by atoms with Crippen LogP contribution in [-0.4, -0.2) is 47.8 Å². The van der Waals surface area contributed by atoms with E-state index in [4.69, 9.17) is 20.6 Å². The average molecular weight is 400 g/mol. The summed E-state index contributed by atoms with van der Waals surface area (Å²) >= 11 is 0. The van der Waals surface area contributed by atoms with Crippen molar-refractivity contribution in [3.05, 3.63) is 23.7 Å². The Morgan fingerprint density at radius 3 is 2.43 bits per heavy atom. The van der Waals surface area contributed by atoms with Crippen LogP contribution >= 0.6 is 0 Å². The monoisotopic (exact) mass is 400 g/mol. The van der Waals surface area contributed by atoms with Gasteiger partial charge >= 0.3 is 12.9 Å². The minimum absolute atomic E-state index is 0.291. The zero-order valence-electron chi connectivity index (χ0n) is 17.9. The van der Waals surface area contributed by atoms with Crippen molar-refractivity contribution >= 4 is 37.5 Å². The lowest BCUT2D eigenvalue weighted by atomic mass is 9.80. The Balaban J connectivity index is 1.82. The van der Waals surface area contributed by atoms with Crippen molar-refractivity contribution < 1.29 is 14.0 Å². The maximum Gasteiger partial charge on any atom is 0.496 e. The lowest BCUT2D eigenvalue weighted by Crippen LogP contribution is -2.41. The second kappa shape index (κ2) is 7.26. The van der Waals surface area contributed by atoms with Gasteiger partial charge < -0.3 is 18.9 Å². The largest absolute Gasteiger partial charge is 0.496 e. The molecule has 0 atom stereocenters. The minimum atomic E-state index is -1.14. The summed E-state index contributed by atoms with van der Waals surface area (Å²) in [5.41, 5.74) is 0.572. The van der Waals surface area contributed by atoms with Crippen LogP contribution in [0.5, 0.6) is 0 Å². The fraction of sp³-hybridized carbons (Fsp3) is 0.632. The van der Waals surface area contributed by atoms with Crippen LogP contribution in [0.25, 0.3) is 15.9 Å². The van der Waals surface area contributed by atoms with Gasteiger partial charge in [-0.3, -0.25) is 0 Å². The Hall–Kier alpha value is -1.73. The molecule has 0 aromatic carbocycles. The minimum Gasteiger partial charge on any atom is -0.399 e. The van der Waals surface area contributed by atoms with Crippen molar-refractivity contribution in [1.82, 2.24) is 14.8 Å². The van der Waals surface area contributed by atoms with Gasteiger partial charge in [0.15, 0.2) is 12.4 Å². The van der Waals surface area contributed by atoms with E-state index in [2.05, 4.69) is 34.6 Å². The molecule has 2 aromatic rings. The predicted molar refractivity (Wildman–Crippen MR) is 114 cm³/mol. The molecular weight excluding hydrogens is 371 g/mol. The summed E-state index contributed by atoms with van der Waals surface area (Å²) in [6, 6.07) is 2.98. The molecule has 0 radical (unpaired) electrons. The highest BCUT2D eigenvalue weighted by molar-refractivity contribution is 6.76. The van der Waals surface area contributed by atoms with E-state index >= 15 is 0 Å². The van der Waals surface area contributed by atoms with Crippen molar-refractivity contribution in [3.63, 3.8) is 0 Å². The van der Waals surface area contributed by atoms with Crippen molar-refractivity contribution in [2.45, 2.75) is 71.3 Å². The molecule has 0 N–H and O–H groups in total. The Labute approximate surface area is 168 Å². The molecule has 3 rings (SSSR count). The summed E-state index contributed by atoms with van der Waals surface area (Å²) in [6.07, 6.45) is 1.73. The van der Waals surface area contributed by atoms with E-state index in [1.165, 1.54) is 0 Å². The Morgan fingerprint density at radius 2 is 1.86 bits per heavy atom. The number of aromatic nitrogens is 3. The summed E-state index contributed by atoms with van der Waals surface area (Å²) in [4.78, 5) is 8.10. The van der Waals surface area contributed by atoms with Gasteiger partial charge in [-0.05, 0) is 38.8 Å². The van der Waals surface area contributed by atoms with E-state index in [0.29, 0.717) is 30.2 Å². The number of nitrogens with zero attached hydrogens (tertiary/aromatic N) is 4.